The van der Waals surface area contributed by atoms with E-state index in [1.165, 1.54) is 25.7 Å². The number of alkyl halides is 1. The monoisotopic (exact) mass is 644 g/mol. The van der Waals surface area contributed by atoms with Crippen LogP contribution in [0.25, 0.3) is 0 Å². The average Bonchev–Trinajstić information content (AvgIpc) is 3.07. The van der Waals surface area contributed by atoms with Crippen molar-refractivity contribution in [2.45, 2.75) is 94.3 Å². The number of likely N-dealkylation sites (N-methyl/N-ethyl adjacent to an activating group) is 1. The molecule has 0 spiro atoms. The zero-order chi connectivity index (χ0) is 31.6. The third-order valence-corrected chi connectivity index (χ3v) is 12.4. The second-order valence-electron chi connectivity index (χ2n) is 15.2. The number of amides is 1. The van der Waals surface area contributed by atoms with Crippen LogP contribution in [0.1, 0.15) is 57.8 Å². The highest BCUT2D eigenvalue weighted by Crippen LogP contribution is 2.50. The third-order valence-electron chi connectivity index (χ3n) is 12.4. The number of ketones is 1. The van der Waals surface area contributed by atoms with Gasteiger partial charge in [-0.05, 0) is 70.6 Å². The van der Waals surface area contributed by atoms with Crippen molar-refractivity contribution in [2.75, 3.05) is 85.7 Å². The Hall–Kier alpha value is -1.63. The van der Waals surface area contributed by atoms with Crippen molar-refractivity contribution >= 4 is 11.7 Å². The molecule has 3 saturated carbocycles. The summed E-state index contributed by atoms with van der Waals surface area (Å²) in [6, 6.07) is -0.540. The van der Waals surface area contributed by atoms with Gasteiger partial charge in [0.25, 0.3) is 5.91 Å². The topological polar surface area (TPSA) is 89.6 Å². The van der Waals surface area contributed by atoms with Crippen LogP contribution >= 0.6 is 0 Å². The van der Waals surface area contributed by atoms with Crippen LogP contribution in [0.4, 0.5) is 4.39 Å². The number of ether oxygens (including phenoxy) is 2. The van der Waals surface area contributed by atoms with Gasteiger partial charge < -0.3 is 34.8 Å². The fraction of sp³-hybridized carbons (Fsp3) is 0.886. The van der Waals surface area contributed by atoms with Crippen molar-refractivity contribution in [3.63, 3.8) is 0 Å². The van der Waals surface area contributed by atoms with Gasteiger partial charge in [0, 0.05) is 57.9 Å². The molecular formula is C35H57FN6O4. The molecule has 10 nitrogen and oxygen atoms in total. The summed E-state index contributed by atoms with van der Waals surface area (Å²) in [4.78, 5) is 37.1. The van der Waals surface area contributed by atoms with Gasteiger partial charge >= 0.3 is 0 Å². The number of rotatable bonds is 10. The Kier molecular flexibility index (Phi) is 10.6. The Morgan fingerprint density at radius 3 is 2.39 bits per heavy atom. The maximum atomic E-state index is 16.2. The van der Waals surface area contributed by atoms with Gasteiger partial charge in [0.2, 0.25) is 0 Å². The first-order chi connectivity index (χ1) is 22.5. The van der Waals surface area contributed by atoms with Crippen molar-refractivity contribution in [1.82, 2.24) is 30.2 Å². The van der Waals surface area contributed by atoms with Gasteiger partial charge in [-0.25, -0.2) is 4.39 Å². The van der Waals surface area contributed by atoms with Crippen LogP contribution in [-0.2, 0) is 19.1 Å². The number of fused-ring (bicyclic) bond motifs is 3. The number of carbonyl (C=O) groups is 2. The van der Waals surface area contributed by atoms with Crippen LogP contribution < -0.4 is 10.6 Å². The van der Waals surface area contributed by atoms with Gasteiger partial charge in [-0.3, -0.25) is 14.5 Å². The highest BCUT2D eigenvalue weighted by atomic mass is 19.1. The lowest BCUT2D eigenvalue weighted by molar-refractivity contribution is -0.208. The smallest absolute Gasteiger partial charge is 0.256 e. The van der Waals surface area contributed by atoms with Gasteiger partial charge in [-0.1, -0.05) is 25.7 Å². The van der Waals surface area contributed by atoms with Crippen LogP contribution in [0.15, 0.2) is 11.8 Å². The number of morpholine rings is 2. The molecule has 1 amide bonds. The number of carbonyl (C=O) groups excluding carboxylic acids is 2. The van der Waals surface area contributed by atoms with Crippen molar-refractivity contribution in [2.24, 2.45) is 17.8 Å². The van der Waals surface area contributed by atoms with E-state index in [4.69, 9.17) is 9.47 Å². The zero-order valence-corrected chi connectivity index (χ0v) is 27.9. The molecule has 0 aromatic rings. The van der Waals surface area contributed by atoms with E-state index in [-0.39, 0.29) is 41.9 Å². The minimum absolute atomic E-state index is 0.00322. The summed E-state index contributed by atoms with van der Waals surface area (Å²) in [5, 5.41) is 6.62. The number of nitrogens with one attached hydrogen (secondary N) is 2. The molecule has 11 heteroatoms. The minimum atomic E-state index is -1.20. The number of nitrogens with zero attached hydrogens (tertiary/aromatic N) is 4. The van der Waals surface area contributed by atoms with Crippen LogP contribution in [0.5, 0.6) is 0 Å². The zero-order valence-electron chi connectivity index (χ0n) is 27.9. The number of hydrogen-bond acceptors (Lipinski definition) is 9. The SMILES string of the molecule is CN1CCN(CCCNC2C(F)CC3C(=O)C(C(=O)NCCCN4CCOCC4)=CN4C5CC6CCCCC6CC5OC2C34)CC1. The van der Waals surface area contributed by atoms with E-state index in [0.29, 0.717) is 18.4 Å². The lowest BCUT2D eigenvalue weighted by Crippen LogP contribution is -2.73. The molecule has 0 radical (unpaired) electrons. The van der Waals surface area contributed by atoms with E-state index in [9.17, 15) is 9.59 Å². The second-order valence-corrected chi connectivity index (χ2v) is 15.2. The molecule has 2 N–H and O–H groups in total. The molecule has 9 unspecified atom stereocenters. The summed E-state index contributed by atoms with van der Waals surface area (Å²) in [5.41, 5.74) is 0.212. The van der Waals surface area contributed by atoms with Crippen LogP contribution in [0.2, 0.25) is 0 Å². The molecular weight excluding hydrogens is 587 g/mol. The van der Waals surface area contributed by atoms with Crippen LogP contribution in [0.3, 0.4) is 0 Å². The van der Waals surface area contributed by atoms with Gasteiger partial charge in [0.1, 0.15) is 6.17 Å². The number of piperazine rings is 1. The first-order valence-corrected chi connectivity index (χ1v) is 18.5. The number of halogens is 1. The molecule has 258 valence electrons. The molecule has 3 saturated heterocycles. The predicted molar refractivity (Wildman–Crippen MR) is 174 cm³/mol. The molecule has 0 bridgehead atoms. The van der Waals surface area contributed by atoms with Crippen LogP contribution in [0, 0.1) is 17.8 Å². The fourth-order valence-corrected chi connectivity index (χ4v) is 9.76. The molecule has 4 aliphatic heterocycles. The maximum absolute atomic E-state index is 16.2. The summed E-state index contributed by atoms with van der Waals surface area (Å²) >= 11 is 0. The summed E-state index contributed by atoms with van der Waals surface area (Å²) < 4.78 is 28.6. The van der Waals surface area contributed by atoms with Gasteiger partial charge in [-0.2, -0.15) is 0 Å². The lowest BCUT2D eigenvalue weighted by Gasteiger charge is -2.61. The summed E-state index contributed by atoms with van der Waals surface area (Å²) in [5.74, 6) is 0.245. The largest absolute Gasteiger partial charge is 0.379 e. The Bertz CT molecular complexity index is 1100. The van der Waals surface area contributed by atoms with Crippen molar-refractivity contribution in [1.29, 1.82) is 0 Å². The average molecular weight is 645 g/mol. The van der Waals surface area contributed by atoms with Gasteiger partial charge in [-0.15, -0.1) is 0 Å². The Labute approximate surface area is 274 Å². The molecule has 7 rings (SSSR count). The quantitative estimate of drug-likeness (QED) is 0.272. The highest BCUT2D eigenvalue weighted by molar-refractivity contribution is 6.20. The maximum Gasteiger partial charge on any atom is 0.256 e. The standard InChI is InChI=1S/C35H57FN6O4/c1-39-12-14-40(15-13-39)10-4-8-37-31-28(36)22-26-32-34(31)46-30-21-25-7-3-2-6-24(25)20-29(30)42(32)23-27(33(26)43)35(44)38-9-5-11-41-16-18-45-19-17-41/h23-26,28-32,34,37H,2-22H2,1H3,(H,38,44). The molecule has 46 heavy (non-hydrogen) atoms. The molecule has 6 fully saturated rings. The predicted octanol–water partition coefficient (Wildman–Crippen LogP) is 1.65. The molecule has 4 heterocycles. The van der Waals surface area contributed by atoms with E-state index in [1.807, 2.05) is 6.20 Å². The molecule has 7 aliphatic rings. The summed E-state index contributed by atoms with van der Waals surface area (Å²) in [6.07, 6.45) is 9.30. The Balaban J connectivity index is 1.05. The molecule has 3 aliphatic carbocycles. The van der Waals surface area contributed by atoms with Crippen molar-refractivity contribution in [3.05, 3.63) is 11.8 Å². The summed E-state index contributed by atoms with van der Waals surface area (Å²) in [6.45, 7) is 10.8. The molecule has 0 aromatic carbocycles. The normalized spacial score (nSPS) is 38.8. The number of Topliss-reactive ketones (excluding diaryl/α,β-unsaturated/α-hetero) is 1. The minimum Gasteiger partial charge on any atom is -0.379 e. The molecule has 0 aromatic heterocycles. The summed E-state index contributed by atoms with van der Waals surface area (Å²) in [7, 11) is 2.17. The third kappa shape index (κ3) is 7.06. The van der Waals surface area contributed by atoms with E-state index in [1.54, 1.807) is 0 Å². The van der Waals surface area contributed by atoms with E-state index in [0.717, 1.165) is 97.8 Å². The highest BCUT2D eigenvalue weighted by Gasteiger charge is 2.59. The van der Waals surface area contributed by atoms with Crippen LogP contribution in [-0.4, -0.2) is 154 Å². The fourth-order valence-electron chi connectivity index (χ4n) is 9.76. The van der Waals surface area contributed by atoms with Gasteiger partial charge in [0.15, 0.2) is 5.78 Å². The first-order valence-electron chi connectivity index (χ1n) is 18.5. The van der Waals surface area contributed by atoms with E-state index >= 15 is 4.39 Å². The second kappa shape index (κ2) is 14.9. The Morgan fingerprint density at radius 1 is 0.935 bits per heavy atom. The van der Waals surface area contributed by atoms with E-state index < -0.39 is 24.2 Å². The first kappa shape index (κ1) is 32.9. The van der Waals surface area contributed by atoms with Crippen molar-refractivity contribution < 1.29 is 23.5 Å². The van der Waals surface area contributed by atoms with Crippen molar-refractivity contribution in [3.8, 4) is 0 Å². The number of hydrogen-bond donors (Lipinski definition) is 2. The molecule has 9 atom stereocenters. The Morgan fingerprint density at radius 2 is 1.63 bits per heavy atom. The van der Waals surface area contributed by atoms with E-state index in [2.05, 4.69) is 37.3 Å². The van der Waals surface area contributed by atoms with Gasteiger partial charge in [0.05, 0.1) is 49.1 Å². The lowest BCUT2D eigenvalue weighted by atomic mass is 9.65.